The maximum Gasteiger partial charge on any atom is 0.416 e. The number of nitrogens with one attached hydrogen (secondary N) is 1. The van der Waals surface area contributed by atoms with Crippen molar-refractivity contribution in [2.24, 2.45) is 11.0 Å². The van der Waals surface area contributed by atoms with Gasteiger partial charge in [0.05, 0.1) is 18.4 Å². The van der Waals surface area contributed by atoms with Gasteiger partial charge in [0.15, 0.2) is 0 Å². The molecule has 0 aromatic heterocycles. The van der Waals surface area contributed by atoms with Crippen molar-refractivity contribution in [1.82, 2.24) is 5.43 Å². The third-order valence-electron chi connectivity index (χ3n) is 3.30. The Morgan fingerprint density at radius 3 is 2.50 bits per heavy atom. The Morgan fingerprint density at radius 1 is 1.19 bits per heavy atom. The molecular weight excluding hydrogens is 345 g/mol. The van der Waals surface area contributed by atoms with Crippen LogP contribution in [0, 0.1) is 5.92 Å². The standard InChI is InChI=1S/C19H19F3N2O2/c1-13(2)12-26-17-8-6-14(7-9-17)11-23-24-18(25)15-4-3-5-16(10-15)19(20,21)22/h3-11,13H,12H2,1-2H3,(H,24,25). The summed E-state index contributed by atoms with van der Waals surface area (Å²) in [4.78, 5) is 11.9. The molecule has 0 aliphatic carbocycles. The van der Waals surface area contributed by atoms with Gasteiger partial charge in [-0.25, -0.2) is 5.43 Å². The third-order valence-corrected chi connectivity index (χ3v) is 3.30. The zero-order valence-corrected chi connectivity index (χ0v) is 14.4. The highest BCUT2D eigenvalue weighted by molar-refractivity contribution is 5.95. The highest BCUT2D eigenvalue weighted by Crippen LogP contribution is 2.29. The van der Waals surface area contributed by atoms with Crippen LogP contribution >= 0.6 is 0 Å². The van der Waals surface area contributed by atoms with Gasteiger partial charge >= 0.3 is 6.18 Å². The lowest BCUT2D eigenvalue weighted by Crippen LogP contribution is -2.18. The van der Waals surface area contributed by atoms with Crippen molar-refractivity contribution in [3.63, 3.8) is 0 Å². The molecule has 0 spiro atoms. The van der Waals surface area contributed by atoms with Crippen molar-refractivity contribution in [3.05, 3.63) is 65.2 Å². The van der Waals surface area contributed by atoms with Crippen LogP contribution in [0.4, 0.5) is 13.2 Å². The first kappa shape index (κ1) is 19.5. The highest BCUT2D eigenvalue weighted by atomic mass is 19.4. The molecule has 26 heavy (non-hydrogen) atoms. The zero-order valence-electron chi connectivity index (χ0n) is 14.4. The monoisotopic (exact) mass is 364 g/mol. The summed E-state index contributed by atoms with van der Waals surface area (Å²) in [6.45, 7) is 4.71. The third kappa shape index (κ3) is 5.91. The first-order chi connectivity index (χ1) is 12.3. The van der Waals surface area contributed by atoms with Gasteiger partial charge in [-0.2, -0.15) is 18.3 Å². The topological polar surface area (TPSA) is 50.7 Å². The number of hydrogen-bond donors (Lipinski definition) is 1. The normalized spacial score (nSPS) is 11.8. The van der Waals surface area contributed by atoms with E-state index in [0.717, 1.165) is 17.9 Å². The Kier molecular flexibility index (Phi) is 6.38. The number of carbonyl (C=O) groups is 1. The van der Waals surface area contributed by atoms with E-state index in [1.54, 1.807) is 24.3 Å². The minimum Gasteiger partial charge on any atom is -0.493 e. The second kappa shape index (κ2) is 8.51. The van der Waals surface area contributed by atoms with Gasteiger partial charge in [-0.1, -0.05) is 19.9 Å². The molecule has 0 aliphatic rings. The first-order valence-corrected chi connectivity index (χ1v) is 7.99. The van der Waals surface area contributed by atoms with Crippen LogP contribution in [0.3, 0.4) is 0 Å². The Balaban J connectivity index is 1.94. The first-order valence-electron chi connectivity index (χ1n) is 7.99. The minimum atomic E-state index is -4.50. The number of nitrogens with zero attached hydrogens (tertiary/aromatic N) is 1. The molecule has 2 aromatic carbocycles. The van der Waals surface area contributed by atoms with E-state index in [4.69, 9.17) is 4.74 Å². The maximum atomic E-state index is 12.7. The van der Waals surface area contributed by atoms with Crippen molar-refractivity contribution in [1.29, 1.82) is 0 Å². The van der Waals surface area contributed by atoms with Crippen LogP contribution in [-0.4, -0.2) is 18.7 Å². The lowest BCUT2D eigenvalue weighted by molar-refractivity contribution is -0.137. The summed E-state index contributed by atoms with van der Waals surface area (Å²) in [5.74, 6) is 0.426. The average Bonchev–Trinajstić information content (AvgIpc) is 2.60. The van der Waals surface area contributed by atoms with Crippen LogP contribution < -0.4 is 10.2 Å². The van der Waals surface area contributed by atoms with E-state index >= 15 is 0 Å². The largest absolute Gasteiger partial charge is 0.493 e. The van der Waals surface area contributed by atoms with E-state index in [1.807, 2.05) is 13.8 Å². The molecule has 0 radical (unpaired) electrons. The molecule has 2 aromatic rings. The number of ether oxygens (including phenoxy) is 1. The van der Waals surface area contributed by atoms with Crippen molar-refractivity contribution >= 4 is 12.1 Å². The second-order valence-corrected chi connectivity index (χ2v) is 6.05. The smallest absolute Gasteiger partial charge is 0.416 e. The summed E-state index contributed by atoms with van der Waals surface area (Å²) in [6.07, 6.45) is -3.10. The fraction of sp³-hybridized carbons (Fsp3) is 0.263. The van der Waals surface area contributed by atoms with Gasteiger partial charge in [0.1, 0.15) is 5.75 Å². The molecule has 0 aliphatic heterocycles. The molecule has 7 heteroatoms. The summed E-state index contributed by atoms with van der Waals surface area (Å²) in [5, 5.41) is 3.77. The van der Waals surface area contributed by atoms with Gasteiger partial charge in [0, 0.05) is 5.56 Å². The van der Waals surface area contributed by atoms with E-state index in [2.05, 4.69) is 10.5 Å². The van der Waals surface area contributed by atoms with Crippen LogP contribution in [0.2, 0.25) is 0 Å². The van der Waals surface area contributed by atoms with Crippen LogP contribution in [0.25, 0.3) is 0 Å². The fourth-order valence-electron chi connectivity index (χ4n) is 1.98. The molecule has 138 valence electrons. The molecule has 0 fully saturated rings. The Morgan fingerprint density at radius 2 is 1.88 bits per heavy atom. The number of hydrazone groups is 1. The van der Waals surface area contributed by atoms with Gasteiger partial charge in [0.25, 0.3) is 5.91 Å². The van der Waals surface area contributed by atoms with Gasteiger partial charge < -0.3 is 4.74 Å². The van der Waals surface area contributed by atoms with Crippen LogP contribution in [-0.2, 0) is 6.18 Å². The molecule has 1 N–H and O–H groups in total. The summed E-state index contributed by atoms with van der Waals surface area (Å²) in [5.41, 5.74) is 1.93. The van der Waals surface area contributed by atoms with E-state index in [9.17, 15) is 18.0 Å². The molecule has 0 saturated carbocycles. The Bertz CT molecular complexity index is 769. The predicted molar refractivity (Wildman–Crippen MR) is 93.3 cm³/mol. The molecule has 0 bridgehead atoms. The molecule has 2 rings (SSSR count). The number of rotatable bonds is 6. The lowest BCUT2D eigenvalue weighted by atomic mass is 10.1. The van der Waals surface area contributed by atoms with Crippen molar-refractivity contribution < 1.29 is 22.7 Å². The van der Waals surface area contributed by atoms with Crippen molar-refractivity contribution in [3.8, 4) is 5.75 Å². The average molecular weight is 364 g/mol. The quantitative estimate of drug-likeness (QED) is 0.606. The second-order valence-electron chi connectivity index (χ2n) is 6.05. The van der Waals surface area contributed by atoms with Crippen molar-refractivity contribution in [2.75, 3.05) is 6.61 Å². The maximum absolute atomic E-state index is 12.7. The molecule has 0 unspecified atom stereocenters. The highest BCUT2D eigenvalue weighted by Gasteiger charge is 2.30. The summed E-state index contributed by atoms with van der Waals surface area (Å²) in [7, 11) is 0. The SMILES string of the molecule is CC(C)COc1ccc(C=NNC(=O)c2cccc(C(F)(F)F)c2)cc1. The lowest BCUT2D eigenvalue weighted by Gasteiger charge is -2.08. The summed E-state index contributed by atoms with van der Waals surface area (Å²) >= 11 is 0. The van der Waals surface area contributed by atoms with E-state index in [1.165, 1.54) is 18.3 Å². The van der Waals surface area contributed by atoms with Crippen LogP contribution in [0.1, 0.15) is 35.3 Å². The summed E-state index contributed by atoms with van der Waals surface area (Å²) in [6, 6.07) is 11.2. The van der Waals surface area contributed by atoms with E-state index in [0.29, 0.717) is 18.1 Å². The Labute approximate surface area is 149 Å². The molecule has 0 atom stereocenters. The van der Waals surface area contributed by atoms with E-state index in [-0.39, 0.29) is 5.56 Å². The van der Waals surface area contributed by atoms with Gasteiger partial charge in [-0.05, 0) is 53.9 Å². The number of hydrogen-bond acceptors (Lipinski definition) is 3. The molecule has 0 heterocycles. The zero-order chi connectivity index (χ0) is 19.2. The number of halogens is 3. The molecule has 1 amide bonds. The van der Waals surface area contributed by atoms with E-state index < -0.39 is 17.6 Å². The number of carbonyl (C=O) groups excluding carboxylic acids is 1. The Hall–Kier alpha value is -2.83. The molecule has 4 nitrogen and oxygen atoms in total. The van der Waals surface area contributed by atoms with Gasteiger partial charge in [-0.3, -0.25) is 4.79 Å². The molecular formula is C19H19F3N2O2. The van der Waals surface area contributed by atoms with Gasteiger partial charge in [-0.15, -0.1) is 0 Å². The van der Waals surface area contributed by atoms with Crippen molar-refractivity contribution in [2.45, 2.75) is 20.0 Å². The number of amides is 1. The number of alkyl halides is 3. The minimum absolute atomic E-state index is 0.116. The van der Waals surface area contributed by atoms with Gasteiger partial charge in [0.2, 0.25) is 0 Å². The summed E-state index contributed by atoms with van der Waals surface area (Å²) < 4.78 is 43.5. The fourth-order valence-corrected chi connectivity index (χ4v) is 1.98. The predicted octanol–water partition coefficient (Wildman–Crippen LogP) is 4.50. The van der Waals surface area contributed by atoms with Crippen LogP contribution in [0.15, 0.2) is 53.6 Å². The molecule has 0 saturated heterocycles. The number of benzene rings is 2. The van der Waals surface area contributed by atoms with Crippen LogP contribution in [0.5, 0.6) is 5.75 Å².